The minimum atomic E-state index is 0.510. The standard InChI is InChI=1S/C12H12ClNOS/c1-8-11(4-5-15-8)16-12-6-10(13)3-2-9(12)7-14/h2-6H,7,14H2,1H3. The highest BCUT2D eigenvalue weighted by Crippen LogP contribution is 2.34. The fourth-order valence-corrected chi connectivity index (χ4v) is 2.65. The van der Waals surface area contributed by atoms with Crippen LogP contribution in [0, 0.1) is 6.92 Å². The molecule has 84 valence electrons. The highest BCUT2D eigenvalue weighted by atomic mass is 35.5. The predicted molar refractivity (Wildman–Crippen MR) is 66.9 cm³/mol. The number of aryl methyl sites for hydroxylation is 1. The van der Waals surface area contributed by atoms with E-state index in [0.29, 0.717) is 6.54 Å². The second-order valence-electron chi connectivity index (χ2n) is 3.40. The first-order valence-electron chi connectivity index (χ1n) is 4.91. The van der Waals surface area contributed by atoms with Crippen molar-refractivity contribution < 1.29 is 4.42 Å². The molecule has 1 heterocycles. The maximum absolute atomic E-state index is 5.98. The zero-order chi connectivity index (χ0) is 11.5. The number of benzene rings is 1. The van der Waals surface area contributed by atoms with Crippen molar-refractivity contribution in [2.45, 2.75) is 23.3 Å². The van der Waals surface area contributed by atoms with E-state index in [0.717, 1.165) is 26.1 Å². The summed E-state index contributed by atoms with van der Waals surface area (Å²) in [6.07, 6.45) is 1.68. The van der Waals surface area contributed by atoms with Gasteiger partial charge in [-0.3, -0.25) is 0 Å². The summed E-state index contributed by atoms with van der Waals surface area (Å²) in [6, 6.07) is 7.69. The van der Waals surface area contributed by atoms with Crippen molar-refractivity contribution in [2.75, 3.05) is 0 Å². The van der Waals surface area contributed by atoms with Crippen LogP contribution < -0.4 is 5.73 Å². The van der Waals surface area contributed by atoms with Gasteiger partial charge in [-0.2, -0.15) is 0 Å². The Morgan fingerprint density at radius 1 is 1.31 bits per heavy atom. The molecule has 0 bridgehead atoms. The van der Waals surface area contributed by atoms with Gasteiger partial charge in [-0.25, -0.2) is 0 Å². The molecule has 4 heteroatoms. The zero-order valence-electron chi connectivity index (χ0n) is 8.87. The molecule has 1 aromatic heterocycles. The molecule has 0 amide bonds. The van der Waals surface area contributed by atoms with Crippen LogP contribution in [-0.4, -0.2) is 0 Å². The maximum Gasteiger partial charge on any atom is 0.114 e. The lowest BCUT2D eigenvalue weighted by atomic mass is 10.2. The van der Waals surface area contributed by atoms with Crippen LogP contribution in [0.5, 0.6) is 0 Å². The van der Waals surface area contributed by atoms with Gasteiger partial charge in [0, 0.05) is 16.5 Å². The van der Waals surface area contributed by atoms with Crippen molar-refractivity contribution in [3.05, 3.63) is 46.9 Å². The molecule has 0 radical (unpaired) electrons. The highest BCUT2D eigenvalue weighted by molar-refractivity contribution is 7.99. The molecule has 0 fully saturated rings. The van der Waals surface area contributed by atoms with Gasteiger partial charge in [-0.15, -0.1) is 0 Å². The summed E-state index contributed by atoms with van der Waals surface area (Å²) >= 11 is 7.60. The average molecular weight is 254 g/mol. The largest absolute Gasteiger partial charge is 0.468 e. The Morgan fingerprint density at radius 3 is 2.75 bits per heavy atom. The third-order valence-corrected chi connectivity index (χ3v) is 3.76. The molecule has 16 heavy (non-hydrogen) atoms. The van der Waals surface area contributed by atoms with E-state index < -0.39 is 0 Å². The van der Waals surface area contributed by atoms with Crippen LogP contribution in [0.1, 0.15) is 11.3 Å². The van der Waals surface area contributed by atoms with Gasteiger partial charge in [-0.05, 0) is 30.7 Å². The van der Waals surface area contributed by atoms with E-state index >= 15 is 0 Å². The molecule has 2 aromatic rings. The monoisotopic (exact) mass is 253 g/mol. The normalized spacial score (nSPS) is 10.7. The van der Waals surface area contributed by atoms with Gasteiger partial charge < -0.3 is 10.2 Å². The first-order valence-corrected chi connectivity index (χ1v) is 6.10. The van der Waals surface area contributed by atoms with Crippen LogP contribution in [0.2, 0.25) is 5.02 Å². The molecule has 2 nitrogen and oxygen atoms in total. The zero-order valence-corrected chi connectivity index (χ0v) is 10.4. The number of nitrogens with two attached hydrogens (primary N) is 1. The fraction of sp³-hybridized carbons (Fsp3) is 0.167. The smallest absolute Gasteiger partial charge is 0.114 e. The van der Waals surface area contributed by atoms with Crippen LogP contribution in [-0.2, 0) is 6.54 Å². The first kappa shape index (κ1) is 11.6. The number of hydrogen-bond donors (Lipinski definition) is 1. The lowest BCUT2D eigenvalue weighted by Crippen LogP contribution is -1.97. The van der Waals surface area contributed by atoms with Gasteiger partial charge >= 0.3 is 0 Å². The molecule has 0 aliphatic heterocycles. The Kier molecular flexibility index (Phi) is 3.59. The van der Waals surface area contributed by atoms with Gasteiger partial charge in [-0.1, -0.05) is 29.4 Å². The van der Waals surface area contributed by atoms with Crippen molar-refractivity contribution in [3.63, 3.8) is 0 Å². The number of furan rings is 1. The molecule has 0 aliphatic rings. The van der Waals surface area contributed by atoms with Crippen molar-refractivity contribution in [1.29, 1.82) is 0 Å². The molecule has 2 N–H and O–H groups in total. The minimum Gasteiger partial charge on any atom is -0.468 e. The Balaban J connectivity index is 2.33. The first-order chi connectivity index (χ1) is 7.70. The SMILES string of the molecule is Cc1occc1Sc1cc(Cl)ccc1CN. The summed E-state index contributed by atoms with van der Waals surface area (Å²) in [5.74, 6) is 0.910. The lowest BCUT2D eigenvalue weighted by Gasteiger charge is -2.07. The van der Waals surface area contributed by atoms with E-state index in [9.17, 15) is 0 Å². The molecule has 0 atom stereocenters. The summed E-state index contributed by atoms with van der Waals surface area (Å²) in [7, 11) is 0. The summed E-state index contributed by atoms with van der Waals surface area (Å²) in [6.45, 7) is 2.45. The summed E-state index contributed by atoms with van der Waals surface area (Å²) in [5, 5.41) is 0.723. The molecule has 1 aromatic carbocycles. The fourth-order valence-electron chi connectivity index (χ4n) is 1.39. The van der Waals surface area contributed by atoms with E-state index in [4.69, 9.17) is 21.8 Å². The van der Waals surface area contributed by atoms with Crippen LogP contribution in [0.3, 0.4) is 0 Å². The van der Waals surface area contributed by atoms with Crippen molar-refractivity contribution in [3.8, 4) is 0 Å². The lowest BCUT2D eigenvalue weighted by molar-refractivity contribution is 0.527. The molecule has 0 saturated heterocycles. The molecule has 0 unspecified atom stereocenters. The third kappa shape index (κ3) is 2.43. The maximum atomic E-state index is 5.98. The van der Waals surface area contributed by atoms with Crippen LogP contribution >= 0.6 is 23.4 Å². The van der Waals surface area contributed by atoms with Crippen molar-refractivity contribution in [2.24, 2.45) is 5.73 Å². The van der Waals surface area contributed by atoms with Gasteiger partial charge in [0.2, 0.25) is 0 Å². The second kappa shape index (κ2) is 4.95. The molecule has 0 saturated carbocycles. The number of rotatable bonds is 3. The third-order valence-electron chi connectivity index (χ3n) is 2.28. The van der Waals surface area contributed by atoms with E-state index in [1.54, 1.807) is 18.0 Å². The second-order valence-corrected chi connectivity index (χ2v) is 4.92. The quantitative estimate of drug-likeness (QED) is 0.903. The Morgan fingerprint density at radius 2 is 2.12 bits per heavy atom. The van der Waals surface area contributed by atoms with Crippen molar-refractivity contribution in [1.82, 2.24) is 0 Å². The summed E-state index contributed by atoms with van der Waals surface area (Å²) in [5.41, 5.74) is 6.78. The highest BCUT2D eigenvalue weighted by Gasteiger charge is 2.08. The van der Waals surface area contributed by atoms with Crippen LogP contribution in [0.25, 0.3) is 0 Å². The van der Waals surface area contributed by atoms with Crippen LogP contribution in [0.4, 0.5) is 0 Å². The molecule has 2 rings (SSSR count). The summed E-state index contributed by atoms with van der Waals surface area (Å²) in [4.78, 5) is 2.18. The van der Waals surface area contributed by atoms with Gasteiger partial charge in [0.15, 0.2) is 0 Å². The van der Waals surface area contributed by atoms with Crippen molar-refractivity contribution >= 4 is 23.4 Å². The number of hydrogen-bond acceptors (Lipinski definition) is 3. The predicted octanol–water partition coefficient (Wildman–Crippen LogP) is 3.85. The van der Waals surface area contributed by atoms with E-state index in [2.05, 4.69) is 0 Å². The molecular weight excluding hydrogens is 242 g/mol. The van der Waals surface area contributed by atoms with E-state index in [1.807, 2.05) is 31.2 Å². The topological polar surface area (TPSA) is 39.2 Å². The van der Waals surface area contributed by atoms with Crippen LogP contribution in [0.15, 0.2) is 44.7 Å². The van der Waals surface area contributed by atoms with Gasteiger partial charge in [0.1, 0.15) is 5.76 Å². The van der Waals surface area contributed by atoms with Gasteiger partial charge in [0.25, 0.3) is 0 Å². The molecule has 0 spiro atoms. The minimum absolute atomic E-state index is 0.510. The summed E-state index contributed by atoms with van der Waals surface area (Å²) < 4.78 is 5.26. The molecule has 0 aliphatic carbocycles. The Bertz CT molecular complexity index is 496. The Hall–Kier alpha value is -0.900. The van der Waals surface area contributed by atoms with Gasteiger partial charge in [0.05, 0.1) is 11.2 Å². The van der Waals surface area contributed by atoms with E-state index in [-0.39, 0.29) is 0 Å². The number of halogens is 1. The van der Waals surface area contributed by atoms with E-state index in [1.165, 1.54) is 0 Å². The average Bonchev–Trinajstić information content (AvgIpc) is 2.65. The molecular formula is C12H12ClNOS. The Labute approximate surface area is 104 Å².